The predicted molar refractivity (Wildman–Crippen MR) is 80.4 cm³/mol. The number of alkyl carbamates (subject to hydrolysis) is 1. The molecular weight excluding hydrogens is 288 g/mol. The van der Waals surface area contributed by atoms with E-state index in [1.54, 1.807) is 4.90 Å². The molecule has 0 aromatic carbocycles. The van der Waals surface area contributed by atoms with Crippen LogP contribution in [0.4, 0.5) is 4.79 Å². The van der Waals surface area contributed by atoms with Crippen molar-refractivity contribution in [2.75, 3.05) is 19.7 Å². The summed E-state index contributed by atoms with van der Waals surface area (Å²) in [6.45, 7) is 4.97. The lowest BCUT2D eigenvalue weighted by atomic mass is 9.98. The molecule has 2 atom stereocenters. The molecule has 7 heteroatoms. The van der Waals surface area contributed by atoms with Crippen molar-refractivity contribution in [3.63, 3.8) is 0 Å². The van der Waals surface area contributed by atoms with Gasteiger partial charge >= 0.3 is 12.1 Å². The third-order valence-corrected chi connectivity index (χ3v) is 3.71. The van der Waals surface area contributed by atoms with Gasteiger partial charge in [-0.3, -0.25) is 9.59 Å². The van der Waals surface area contributed by atoms with Gasteiger partial charge in [0, 0.05) is 19.0 Å². The molecule has 2 unspecified atom stereocenters. The number of nitrogens with zero attached hydrogens (tertiary/aromatic N) is 1. The maximum atomic E-state index is 12.1. The van der Waals surface area contributed by atoms with Crippen LogP contribution in [0, 0.1) is 5.92 Å². The smallest absolute Gasteiger partial charge is 0.407 e. The van der Waals surface area contributed by atoms with Gasteiger partial charge in [0.25, 0.3) is 0 Å². The monoisotopic (exact) mass is 314 g/mol. The molecular formula is C15H26N2O5. The van der Waals surface area contributed by atoms with Gasteiger partial charge in [0.15, 0.2) is 0 Å². The van der Waals surface area contributed by atoms with Crippen molar-refractivity contribution in [1.82, 2.24) is 10.2 Å². The maximum Gasteiger partial charge on any atom is 0.407 e. The Balaban J connectivity index is 2.54. The standard InChI is InChI=1S/C15H26N2O5/c1-3-4-8-22-15(21)16-12(9-13(18)19)10-17-7-5-6-11(2)14(17)20/h11-12H,3-10H2,1-2H3,(H,16,21)(H,18,19). The molecule has 0 saturated carbocycles. The molecule has 0 radical (unpaired) electrons. The summed E-state index contributed by atoms with van der Waals surface area (Å²) in [5.74, 6) is -1.05. The number of amides is 2. The molecule has 1 heterocycles. The summed E-state index contributed by atoms with van der Waals surface area (Å²) in [5, 5.41) is 11.5. The highest BCUT2D eigenvalue weighted by atomic mass is 16.5. The fourth-order valence-corrected chi connectivity index (χ4v) is 2.47. The van der Waals surface area contributed by atoms with E-state index in [1.165, 1.54) is 0 Å². The van der Waals surface area contributed by atoms with Crippen LogP contribution in [0.3, 0.4) is 0 Å². The number of nitrogens with one attached hydrogen (secondary N) is 1. The van der Waals surface area contributed by atoms with Crippen molar-refractivity contribution in [2.24, 2.45) is 5.92 Å². The van der Waals surface area contributed by atoms with Crippen LogP contribution >= 0.6 is 0 Å². The predicted octanol–water partition coefficient (Wildman–Crippen LogP) is 1.61. The molecule has 1 rings (SSSR count). The first-order valence-electron chi connectivity index (χ1n) is 7.87. The number of rotatable bonds is 8. The van der Waals surface area contributed by atoms with E-state index in [4.69, 9.17) is 9.84 Å². The number of aliphatic carboxylic acids is 1. The van der Waals surface area contributed by atoms with Crippen LogP contribution in [0.1, 0.15) is 46.0 Å². The molecule has 2 amide bonds. The molecule has 0 aromatic heterocycles. The average molecular weight is 314 g/mol. The number of piperidine rings is 1. The molecule has 1 aliphatic rings. The molecule has 1 saturated heterocycles. The fourth-order valence-electron chi connectivity index (χ4n) is 2.47. The zero-order chi connectivity index (χ0) is 16.5. The number of carboxylic acids is 1. The number of hydrogen-bond acceptors (Lipinski definition) is 4. The van der Waals surface area contributed by atoms with Crippen LogP contribution < -0.4 is 5.32 Å². The summed E-state index contributed by atoms with van der Waals surface area (Å²) in [7, 11) is 0. The molecule has 0 bridgehead atoms. The second kappa shape index (κ2) is 9.27. The van der Waals surface area contributed by atoms with E-state index in [-0.39, 0.29) is 24.8 Å². The topological polar surface area (TPSA) is 95.9 Å². The first-order chi connectivity index (χ1) is 10.4. The summed E-state index contributed by atoms with van der Waals surface area (Å²) in [5.41, 5.74) is 0. The van der Waals surface area contributed by atoms with Crippen molar-refractivity contribution in [1.29, 1.82) is 0 Å². The first-order valence-corrected chi connectivity index (χ1v) is 7.87. The Bertz CT molecular complexity index is 399. The maximum absolute atomic E-state index is 12.1. The first kappa shape index (κ1) is 18.3. The molecule has 0 aromatic rings. The van der Waals surface area contributed by atoms with Gasteiger partial charge in [0.05, 0.1) is 19.1 Å². The quantitative estimate of drug-likeness (QED) is 0.664. The minimum Gasteiger partial charge on any atom is -0.481 e. The Hall–Kier alpha value is -1.79. The summed E-state index contributed by atoms with van der Waals surface area (Å²) >= 11 is 0. The van der Waals surface area contributed by atoms with Gasteiger partial charge in [-0.05, 0) is 19.3 Å². The normalized spacial score (nSPS) is 19.6. The van der Waals surface area contributed by atoms with Crippen molar-refractivity contribution >= 4 is 18.0 Å². The van der Waals surface area contributed by atoms with E-state index in [2.05, 4.69) is 5.32 Å². The van der Waals surface area contributed by atoms with Gasteiger partial charge < -0.3 is 20.1 Å². The number of likely N-dealkylation sites (tertiary alicyclic amines) is 1. The molecule has 7 nitrogen and oxygen atoms in total. The zero-order valence-electron chi connectivity index (χ0n) is 13.3. The zero-order valence-corrected chi connectivity index (χ0v) is 13.3. The van der Waals surface area contributed by atoms with Gasteiger partial charge in [-0.1, -0.05) is 20.3 Å². The molecule has 22 heavy (non-hydrogen) atoms. The van der Waals surface area contributed by atoms with E-state index in [1.807, 2.05) is 13.8 Å². The number of unbranched alkanes of at least 4 members (excludes halogenated alkanes) is 1. The van der Waals surface area contributed by atoms with Gasteiger partial charge in [0.1, 0.15) is 0 Å². The Morgan fingerprint density at radius 3 is 2.86 bits per heavy atom. The molecule has 1 aliphatic heterocycles. The third-order valence-electron chi connectivity index (χ3n) is 3.71. The highest BCUT2D eigenvalue weighted by molar-refractivity contribution is 5.79. The van der Waals surface area contributed by atoms with E-state index < -0.39 is 18.1 Å². The van der Waals surface area contributed by atoms with Crippen LogP contribution in [0.2, 0.25) is 0 Å². The summed E-state index contributed by atoms with van der Waals surface area (Å²) < 4.78 is 4.99. The summed E-state index contributed by atoms with van der Waals surface area (Å²) in [6, 6.07) is -0.638. The van der Waals surface area contributed by atoms with Gasteiger partial charge in [0.2, 0.25) is 5.91 Å². The minimum atomic E-state index is -1.02. The largest absolute Gasteiger partial charge is 0.481 e. The van der Waals surface area contributed by atoms with E-state index in [0.717, 1.165) is 25.7 Å². The number of ether oxygens (including phenoxy) is 1. The Kier molecular flexibility index (Phi) is 7.70. The number of carbonyl (C=O) groups is 3. The van der Waals surface area contributed by atoms with Crippen molar-refractivity contribution < 1.29 is 24.2 Å². The molecule has 0 spiro atoms. The Morgan fingerprint density at radius 2 is 2.23 bits per heavy atom. The second-order valence-corrected chi connectivity index (χ2v) is 5.76. The lowest BCUT2D eigenvalue weighted by molar-refractivity contribution is -0.141. The summed E-state index contributed by atoms with van der Waals surface area (Å²) in [4.78, 5) is 36.3. The van der Waals surface area contributed by atoms with E-state index in [9.17, 15) is 14.4 Å². The van der Waals surface area contributed by atoms with E-state index >= 15 is 0 Å². The molecule has 1 fully saturated rings. The van der Waals surface area contributed by atoms with Crippen LogP contribution in [0.5, 0.6) is 0 Å². The Labute approximate surface area is 131 Å². The molecule has 0 aliphatic carbocycles. The van der Waals surface area contributed by atoms with Crippen molar-refractivity contribution in [2.45, 2.75) is 52.0 Å². The van der Waals surface area contributed by atoms with Gasteiger partial charge in [-0.2, -0.15) is 0 Å². The third kappa shape index (κ3) is 6.32. The summed E-state index contributed by atoms with van der Waals surface area (Å²) in [6.07, 6.45) is 2.56. The fraction of sp³-hybridized carbons (Fsp3) is 0.800. The number of carboxylic acid groups (broad SMARTS) is 1. The van der Waals surface area contributed by atoms with E-state index in [0.29, 0.717) is 13.2 Å². The SMILES string of the molecule is CCCCOC(=O)NC(CC(=O)O)CN1CCCC(C)C1=O. The Morgan fingerprint density at radius 1 is 1.50 bits per heavy atom. The number of hydrogen-bond donors (Lipinski definition) is 2. The second-order valence-electron chi connectivity index (χ2n) is 5.76. The van der Waals surface area contributed by atoms with Crippen LogP contribution in [0.15, 0.2) is 0 Å². The van der Waals surface area contributed by atoms with Crippen molar-refractivity contribution in [3.05, 3.63) is 0 Å². The van der Waals surface area contributed by atoms with Crippen LogP contribution in [-0.4, -0.2) is 53.7 Å². The molecule has 126 valence electrons. The van der Waals surface area contributed by atoms with Gasteiger partial charge in [-0.25, -0.2) is 4.79 Å². The van der Waals surface area contributed by atoms with Crippen LogP contribution in [0.25, 0.3) is 0 Å². The highest BCUT2D eigenvalue weighted by Crippen LogP contribution is 2.17. The molecule has 2 N–H and O–H groups in total. The highest BCUT2D eigenvalue weighted by Gasteiger charge is 2.28. The van der Waals surface area contributed by atoms with Gasteiger partial charge in [-0.15, -0.1) is 0 Å². The number of carbonyl (C=O) groups excluding carboxylic acids is 2. The lowest BCUT2D eigenvalue weighted by Crippen LogP contribution is -2.50. The minimum absolute atomic E-state index is 0.0165. The van der Waals surface area contributed by atoms with Crippen LogP contribution in [-0.2, 0) is 14.3 Å². The average Bonchev–Trinajstić information content (AvgIpc) is 2.43. The van der Waals surface area contributed by atoms with Crippen molar-refractivity contribution in [3.8, 4) is 0 Å². The lowest BCUT2D eigenvalue weighted by Gasteiger charge is -2.33.